The number of hydrogen-bond acceptors (Lipinski definition) is 2. The normalized spacial score (nSPS) is 26.2. The number of carbonyl (C=O) groups excluding carboxylic acids is 1. The van der Waals surface area contributed by atoms with E-state index in [1.165, 1.54) is 25.7 Å². The Bertz CT molecular complexity index is 235. The molecule has 1 amide bonds. The van der Waals surface area contributed by atoms with E-state index in [2.05, 4.69) is 20.8 Å². The fraction of sp³-hybridized carbons (Fsp3) is 0.917. The Kier molecular flexibility index (Phi) is 4.65. The highest BCUT2D eigenvalue weighted by molar-refractivity contribution is 9.09. The summed E-state index contributed by atoms with van der Waals surface area (Å²) in [5.74, 6) is 0.226. The molecule has 1 aliphatic heterocycles. The van der Waals surface area contributed by atoms with Crippen LogP contribution in [0.3, 0.4) is 0 Å². The third-order valence-electron chi connectivity index (χ3n) is 3.58. The van der Waals surface area contributed by atoms with Crippen molar-refractivity contribution in [3.05, 3.63) is 0 Å². The fourth-order valence-electron chi connectivity index (χ4n) is 2.74. The van der Waals surface area contributed by atoms with Crippen LogP contribution in [0.5, 0.6) is 0 Å². The number of nitrogens with zero attached hydrogens (tertiary/aromatic N) is 1. The molecule has 0 aromatic rings. The van der Waals surface area contributed by atoms with Gasteiger partial charge in [0, 0.05) is 24.5 Å². The Labute approximate surface area is 106 Å². The minimum absolute atomic E-state index is 0.153. The zero-order valence-electron chi connectivity index (χ0n) is 9.66. The van der Waals surface area contributed by atoms with Gasteiger partial charge in [-0.3, -0.25) is 4.79 Å². The van der Waals surface area contributed by atoms with E-state index < -0.39 is 0 Å². The van der Waals surface area contributed by atoms with Gasteiger partial charge in [0.05, 0.1) is 0 Å². The quantitative estimate of drug-likeness (QED) is 0.744. The molecule has 0 spiro atoms. The molecule has 1 unspecified atom stereocenters. The summed E-state index contributed by atoms with van der Waals surface area (Å²) in [5, 5.41) is 0.863. The molecule has 3 nitrogen and oxygen atoms in total. The first-order chi connectivity index (χ1) is 7.83. The van der Waals surface area contributed by atoms with Crippen molar-refractivity contribution in [1.82, 2.24) is 4.90 Å². The van der Waals surface area contributed by atoms with Gasteiger partial charge in [0.2, 0.25) is 0 Å². The first-order valence-electron chi connectivity index (χ1n) is 6.31. The third-order valence-corrected chi connectivity index (χ3v) is 3.93. The van der Waals surface area contributed by atoms with E-state index in [1.54, 1.807) is 0 Å². The third kappa shape index (κ3) is 2.77. The summed E-state index contributed by atoms with van der Waals surface area (Å²) < 4.78 is 5.50. The van der Waals surface area contributed by atoms with Crippen LogP contribution in [0.15, 0.2) is 0 Å². The van der Waals surface area contributed by atoms with Crippen molar-refractivity contribution >= 4 is 21.8 Å². The summed E-state index contributed by atoms with van der Waals surface area (Å²) in [5.41, 5.74) is 0. The second kappa shape index (κ2) is 6.01. The number of rotatable bonds is 4. The van der Waals surface area contributed by atoms with E-state index in [-0.39, 0.29) is 12.0 Å². The molecule has 2 rings (SSSR count). The molecule has 2 fully saturated rings. The van der Waals surface area contributed by atoms with Gasteiger partial charge >= 0.3 is 0 Å². The molecule has 1 heterocycles. The largest absolute Gasteiger partial charge is 0.368 e. The van der Waals surface area contributed by atoms with Crippen molar-refractivity contribution in [2.24, 2.45) is 0 Å². The fourth-order valence-corrected chi connectivity index (χ4v) is 3.12. The van der Waals surface area contributed by atoms with E-state index in [0.29, 0.717) is 6.04 Å². The number of hydrogen-bond donors (Lipinski definition) is 0. The SMILES string of the molecule is O=C(C1CCCO1)N(CCBr)C1CCCC1. The molecule has 1 atom stereocenters. The van der Waals surface area contributed by atoms with E-state index in [9.17, 15) is 4.79 Å². The van der Waals surface area contributed by atoms with Crippen molar-refractivity contribution in [2.75, 3.05) is 18.5 Å². The Morgan fingerprint density at radius 1 is 1.25 bits per heavy atom. The maximum Gasteiger partial charge on any atom is 0.251 e. The zero-order chi connectivity index (χ0) is 11.4. The van der Waals surface area contributed by atoms with Crippen LogP contribution in [0.25, 0.3) is 0 Å². The number of ether oxygens (including phenoxy) is 1. The molecule has 92 valence electrons. The number of amides is 1. The first kappa shape index (κ1) is 12.4. The zero-order valence-corrected chi connectivity index (χ0v) is 11.2. The van der Waals surface area contributed by atoms with Crippen LogP contribution in [0.4, 0.5) is 0 Å². The van der Waals surface area contributed by atoms with Gasteiger partial charge in [-0.2, -0.15) is 0 Å². The van der Waals surface area contributed by atoms with Crippen LogP contribution < -0.4 is 0 Å². The van der Waals surface area contributed by atoms with Crippen LogP contribution in [-0.2, 0) is 9.53 Å². The Morgan fingerprint density at radius 2 is 2.00 bits per heavy atom. The van der Waals surface area contributed by atoms with Crippen molar-refractivity contribution in [1.29, 1.82) is 0 Å². The molecule has 1 aliphatic carbocycles. The van der Waals surface area contributed by atoms with Crippen LogP contribution in [-0.4, -0.2) is 41.4 Å². The molecular formula is C12H20BrNO2. The summed E-state index contributed by atoms with van der Waals surface area (Å²) in [6.45, 7) is 1.58. The van der Waals surface area contributed by atoms with Gasteiger partial charge in [-0.25, -0.2) is 0 Å². The molecular weight excluding hydrogens is 270 g/mol. The highest BCUT2D eigenvalue weighted by Gasteiger charge is 2.32. The molecule has 16 heavy (non-hydrogen) atoms. The van der Waals surface area contributed by atoms with Crippen LogP contribution in [0.2, 0.25) is 0 Å². The van der Waals surface area contributed by atoms with Gasteiger partial charge < -0.3 is 9.64 Å². The molecule has 1 saturated heterocycles. The molecule has 0 radical (unpaired) electrons. The summed E-state index contributed by atoms with van der Waals surface area (Å²) in [7, 11) is 0. The highest BCUT2D eigenvalue weighted by atomic mass is 79.9. The monoisotopic (exact) mass is 289 g/mol. The van der Waals surface area contributed by atoms with Gasteiger partial charge in [-0.15, -0.1) is 0 Å². The predicted octanol–water partition coefficient (Wildman–Crippen LogP) is 2.33. The minimum Gasteiger partial charge on any atom is -0.368 e. The summed E-state index contributed by atoms with van der Waals surface area (Å²) in [4.78, 5) is 14.4. The second-order valence-electron chi connectivity index (χ2n) is 4.66. The minimum atomic E-state index is -0.153. The number of alkyl halides is 1. The van der Waals surface area contributed by atoms with Crippen LogP contribution >= 0.6 is 15.9 Å². The average Bonchev–Trinajstić information content (AvgIpc) is 2.96. The van der Waals surface area contributed by atoms with E-state index in [1.807, 2.05) is 0 Å². The predicted molar refractivity (Wildman–Crippen MR) is 66.7 cm³/mol. The molecule has 4 heteroatoms. The van der Waals surface area contributed by atoms with E-state index in [0.717, 1.165) is 31.3 Å². The van der Waals surface area contributed by atoms with E-state index in [4.69, 9.17) is 4.74 Å². The lowest BCUT2D eigenvalue weighted by molar-refractivity contribution is -0.142. The van der Waals surface area contributed by atoms with Gasteiger partial charge in [0.1, 0.15) is 6.10 Å². The van der Waals surface area contributed by atoms with Crippen LogP contribution in [0, 0.1) is 0 Å². The smallest absolute Gasteiger partial charge is 0.251 e. The summed E-state index contributed by atoms with van der Waals surface area (Å²) in [6.07, 6.45) is 6.66. The molecule has 0 N–H and O–H groups in total. The van der Waals surface area contributed by atoms with Crippen LogP contribution in [0.1, 0.15) is 38.5 Å². The molecule has 1 saturated carbocycles. The number of carbonyl (C=O) groups is 1. The standard InChI is InChI=1S/C12H20BrNO2/c13-7-8-14(10-4-1-2-5-10)12(15)11-6-3-9-16-11/h10-11H,1-9H2. The molecule has 2 aliphatic rings. The lowest BCUT2D eigenvalue weighted by atomic mass is 10.1. The summed E-state index contributed by atoms with van der Waals surface area (Å²) >= 11 is 3.44. The van der Waals surface area contributed by atoms with Gasteiger partial charge in [-0.1, -0.05) is 28.8 Å². The van der Waals surface area contributed by atoms with Crippen molar-refractivity contribution in [3.63, 3.8) is 0 Å². The average molecular weight is 290 g/mol. The van der Waals surface area contributed by atoms with Crippen molar-refractivity contribution in [3.8, 4) is 0 Å². The lowest BCUT2D eigenvalue weighted by Crippen LogP contribution is -2.45. The Morgan fingerprint density at radius 3 is 2.56 bits per heavy atom. The first-order valence-corrected chi connectivity index (χ1v) is 7.43. The summed E-state index contributed by atoms with van der Waals surface area (Å²) in [6, 6.07) is 0.467. The molecule has 0 bridgehead atoms. The topological polar surface area (TPSA) is 29.5 Å². The highest BCUT2D eigenvalue weighted by Crippen LogP contribution is 2.26. The van der Waals surface area contributed by atoms with Crippen molar-refractivity contribution < 1.29 is 9.53 Å². The Balaban J connectivity index is 1.96. The second-order valence-corrected chi connectivity index (χ2v) is 5.45. The van der Waals surface area contributed by atoms with Gasteiger partial charge in [-0.05, 0) is 25.7 Å². The number of halogens is 1. The molecule has 0 aromatic carbocycles. The van der Waals surface area contributed by atoms with Gasteiger partial charge in [0.15, 0.2) is 0 Å². The Hall–Kier alpha value is -0.0900. The van der Waals surface area contributed by atoms with E-state index >= 15 is 0 Å². The lowest BCUT2D eigenvalue weighted by Gasteiger charge is -2.30. The van der Waals surface area contributed by atoms with Gasteiger partial charge in [0.25, 0.3) is 5.91 Å². The maximum absolute atomic E-state index is 12.3. The molecule has 0 aromatic heterocycles. The van der Waals surface area contributed by atoms with Crippen molar-refractivity contribution in [2.45, 2.75) is 50.7 Å². The maximum atomic E-state index is 12.3.